The Bertz CT molecular complexity index is 1070. The van der Waals surface area contributed by atoms with Crippen LogP contribution in [0.15, 0.2) is 59.8 Å². The number of hydrogen-bond donors (Lipinski definition) is 1. The van der Waals surface area contributed by atoms with Gasteiger partial charge in [-0.1, -0.05) is 26.0 Å². The topological polar surface area (TPSA) is 57.6 Å². The number of amides is 1. The molecular weight excluding hydrogens is 407 g/mol. The maximum Gasteiger partial charge on any atom is 0.416 e. The second kappa shape index (κ2) is 7.25. The van der Waals surface area contributed by atoms with Crippen molar-refractivity contribution < 1.29 is 27.9 Å². The van der Waals surface area contributed by atoms with Gasteiger partial charge in [0.1, 0.15) is 5.75 Å². The number of carbonyl (C=O) groups excluding carboxylic acids is 2. The lowest BCUT2D eigenvalue weighted by atomic mass is 9.69. The zero-order chi connectivity index (χ0) is 22.6. The molecule has 1 aliphatic heterocycles. The molecule has 1 aliphatic carbocycles. The van der Waals surface area contributed by atoms with Crippen LogP contribution in [0.1, 0.15) is 50.2 Å². The maximum absolute atomic E-state index is 13.2. The van der Waals surface area contributed by atoms with Gasteiger partial charge in [-0.25, -0.2) is 0 Å². The van der Waals surface area contributed by atoms with Gasteiger partial charge in [-0.15, -0.1) is 0 Å². The average molecular weight is 429 g/mol. The highest BCUT2D eigenvalue weighted by atomic mass is 19.4. The summed E-state index contributed by atoms with van der Waals surface area (Å²) in [4.78, 5) is 27.8. The Hall–Kier alpha value is -3.09. The third-order valence-corrected chi connectivity index (χ3v) is 5.89. The molecule has 0 saturated heterocycles. The number of hydrogen-bond acceptors (Lipinski definition) is 3. The molecule has 0 radical (unpaired) electrons. The lowest BCUT2D eigenvalue weighted by Gasteiger charge is -2.43. The summed E-state index contributed by atoms with van der Waals surface area (Å²) in [5, 5.41) is 9.60. The second-order valence-corrected chi connectivity index (χ2v) is 8.92. The fourth-order valence-electron chi connectivity index (χ4n) is 4.51. The number of halogens is 3. The van der Waals surface area contributed by atoms with Gasteiger partial charge >= 0.3 is 6.18 Å². The molecule has 162 valence electrons. The monoisotopic (exact) mass is 429 g/mol. The fourth-order valence-corrected chi connectivity index (χ4v) is 4.51. The first-order valence-corrected chi connectivity index (χ1v) is 10.0. The number of aromatic hydroxyl groups is 1. The lowest BCUT2D eigenvalue weighted by Crippen LogP contribution is -2.43. The Labute approximate surface area is 178 Å². The van der Waals surface area contributed by atoms with E-state index in [2.05, 4.69) is 0 Å². The van der Waals surface area contributed by atoms with Gasteiger partial charge in [0, 0.05) is 35.7 Å². The molecule has 1 heterocycles. The van der Waals surface area contributed by atoms with Crippen LogP contribution in [-0.2, 0) is 15.8 Å². The van der Waals surface area contributed by atoms with Gasteiger partial charge in [0.05, 0.1) is 5.56 Å². The standard InChI is InChI=1S/C24H22F3NO3/c1-23(2)12-19-22(20(30)13-23)18(14-3-9-17(29)10-4-14)11-21(31)28(19)16-7-5-15(6-8-16)24(25,26)27/h3-10,18,29H,11-13H2,1-2H3. The molecule has 7 heteroatoms. The molecule has 1 atom stereocenters. The van der Waals surface area contributed by atoms with Gasteiger partial charge in [-0.3, -0.25) is 14.5 Å². The molecule has 1 N–H and O–H groups in total. The Morgan fingerprint density at radius 3 is 2.16 bits per heavy atom. The van der Waals surface area contributed by atoms with Gasteiger partial charge < -0.3 is 5.11 Å². The third-order valence-electron chi connectivity index (χ3n) is 5.89. The SMILES string of the molecule is CC1(C)CC(=O)C2=C(C1)N(c1ccc(C(F)(F)F)cc1)C(=O)CC2c1ccc(O)cc1. The van der Waals surface area contributed by atoms with E-state index in [1.54, 1.807) is 12.1 Å². The van der Waals surface area contributed by atoms with Crippen molar-refractivity contribution in [3.63, 3.8) is 0 Å². The number of anilines is 1. The number of carbonyl (C=O) groups is 2. The first-order valence-electron chi connectivity index (χ1n) is 10.0. The number of rotatable bonds is 2. The summed E-state index contributed by atoms with van der Waals surface area (Å²) in [7, 11) is 0. The zero-order valence-corrected chi connectivity index (χ0v) is 17.2. The smallest absolute Gasteiger partial charge is 0.416 e. The van der Waals surface area contributed by atoms with Gasteiger partial charge in [-0.05, 0) is 53.8 Å². The summed E-state index contributed by atoms with van der Waals surface area (Å²) in [6.45, 7) is 3.88. The number of ketones is 1. The summed E-state index contributed by atoms with van der Waals surface area (Å²) in [5.41, 5.74) is 0.979. The number of phenolic OH excluding ortho intramolecular Hbond substituents is 1. The molecule has 4 nitrogen and oxygen atoms in total. The number of nitrogens with zero attached hydrogens (tertiary/aromatic N) is 1. The van der Waals surface area contributed by atoms with Crippen molar-refractivity contribution >= 4 is 17.4 Å². The molecule has 1 unspecified atom stereocenters. The summed E-state index contributed by atoms with van der Waals surface area (Å²) in [6, 6.07) is 10.9. The van der Waals surface area contributed by atoms with Crippen molar-refractivity contribution in [2.75, 3.05) is 4.90 Å². The molecule has 31 heavy (non-hydrogen) atoms. The molecular formula is C24H22F3NO3. The second-order valence-electron chi connectivity index (χ2n) is 8.92. The van der Waals surface area contributed by atoms with Crippen LogP contribution in [0.3, 0.4) is 0 Å². The van der Waals surface area contributed by atoms with E-state index in [1.165, 1.54) is 29.2 Å². The van der Waals surface area contributed by atoms with Crippen LogP contribution in [0.4, 0.5) is 18.9 Å². The lowest BCUT2D eigenvalue weighted by molar-refractivity contribution is -0.137. The molecule has 1 amide bonds. The van der Waals surface area contributed by atoms with Crippen molar-refractivity contribution in [3.05, 3.63) is 70.9 Å². The predicted octanol–water partition coefficient (Wildman–Crippen LogP) is 5.57. The van der Waals surface area contributed by atoms with E-state index in [1.807, 2.05) is 13.8 Å². The highest BCUT2D eigenvalue weighted by Gasteiger charge is 2.44. The van der Waals surface area contributed by atoms with Crippen LogP contribution in [0.2, 0.25) is 0 Å². The van der Waals surface area contributed by atoms with Gasteiger partial charge in [-0.2, -0.15) is 13.2 Å². The highest BCUT2D eigenvalue weighted by molar-refractivity contribution is 6.07. The number of allylic oxidation sites excluding steroid dienone is 2. The zero-order valence-electron chi connectivity index (χ0n) is 17.2. The molecule has 2 aliphatic rings. The number of phenols is 1. The highest BCUT2D eigenvalue weighted by Crippen LogP contribution is 2.48. The Balaban J connectivity index is 1.84. The summed E-state index contributed by atoms with van der Waals surface area (Å²) >= 11 is 0. The first kappa shape index (κ1) is 21.2. The van der Waals surface area contributed by atoms with Gasteiger partial charge in [0.25, 0.3) is 0 Å². The summed E-state index contributed by atoms with van der Waals surface area (Å²) in [5.74, 6) is -0.698. The van der Waals surface area contributed by atoms with Crippen LogP contribution in [-0.4, -0.2) is 16.8 Å². The Morgan fingerprint density at radius 1 is 0.968 bits per heavy atom. The molecule has 2 aromatic rings. The number of benzene rings is 2. The maximum atomic E-state index is 13.2. The van der Waals surface area contributed by atoms with Crippen LogP contribution in [0, 0.1) is 5.41 Å². The molecule has 0 aromatic heterocycles. The van der Waals surface area contributed by atoms with Gasteiger partial charge in [0.2, 0.25) is 5.91 Å². The van der Waals surface area contributed by atoms with Gasteiger partial charge in [0.15, 0.2) is 5.78 Å². The normalized spacial score (nSPS) is 21.3. The summed E-state index contributed by atoms with van der Waals surface area (Å²) < 4.78 is 38.9. The van der Waals surface area contributed by atoms with Crippen molar-refractivity contribution in [1.29, 1.82) is 0 Å². The number of alkyl halides is 3. The van der Waals surface area contributed by atoms with E-state index in [0.29, 0.717) is 29.8 Å². The molecule has 0 saturated carbocycles. The van der Waals surface area contributed by atoms with E-state index in [0.717, 1.165) is 17.7 Å². The molecule has 2 aromatic carbocycles. The van der Waals surface area contributed by atoms with E-state index >= 15 is 0 Å². The van der Waals surface area contributed by atoms with Crippen molar-refractivity contribution in [3.8, 4) is 5.75 Å². The first-order chi connectivity index (χ1) is 14.5. The van der Waals surface area contributed by atoms with Crippen LogP contribution in [0.25, 0.3) is 0 Å². The summed E-state index contributed by atoms with van der Waals surface area (Å²) in [6.07, 6.45) is -3.66. The van der Waals surface area contributed by atoms with Crippen molar-refractivity contribution in [1.82, 2.24) is 0 Å². The van der Waals surface area contributed by atoms with E-state index < -0.39 is 17.7 Å². The van der Waals surface area contributed by atoms with Crippen LogP contribution in [0.5, 0.6) is 5.75 Å². The van der Waals surface area contributed by atoms with Crippen molar-refractivity contribution in [2.45, 2.75) is 45.2 Å². The molecule has 0 spiro atoms. The quantitative estimate of drug-likeness (QED) is 0.679. The minimum absolute atomic E-state index is 0.0246. The van der Waals surface area contributed by atoms with E-state index in [4.69, 9.17) is 0 Å². The minimum atomic E-state index is -4.47. The largest absolute Gasteiger partial charge is 0.508 e. The fraction of sp³-hybridized carbons (Fsp3) is 0.333. The van der Waals surface area contributed by atoms with E-state index in [9.17, 15) is 27.9 Å². The third kappa shape index (κ3) is 3.96. The predicted molar refractivity (Wildman–Crippen MR) is 109 cm³/mol. The van der Waals surface area contributed by atoms with Crippen LogP contribution >= 0.6 is 0 Å². The minimum Gasteiger partial charge on any atom is -0.508 e. The van der Waals surface area contributed by atoms with Crippen LogP contribution < -0.4 is 4.90 Å². The Kier molecular flexibility index (Phi) is 4.95. The molecule has 4 rings (SSSR count). The van der Waals surface area contributed by atoms with E-state index in [-0.39, 0.29) is 29.3 Å². The van der Waals surface area contributed by atoms with Crippen molar-refractivity contribution in [2.24, 2.45) is 5.41 Å². The Morgan fingerprint density at radius 2 is 1.58 bits per heavy atom. The molecule has 0 bridgehead atoms. The molecule has 0 fully saturated rings. The average Bonchev–Trinajstić information content (AvgIpc) is 2.66. The number of Topliss-reactive ketones (excluding diaryl/α,β-unsaturated/α-hetero) is 1.